The molecule has 0 unspecified atom stereocenters. The van der Waals surface area contributed by atoms with E-state index >= 15 is 0 Å². The SMILES string of the molecule is CCOC(=O)Cc1cc(=O)oc2cc(N(C)C)ccc12. The van der Waals surface area contributed by atoms with Gasteiger partial charge in [-0.3, -0.25) is 4.79 Å². The average molecular weight is 275 g/mol. The zero-order valence-electron chi connectivity index (χ0n) is 11.8. The van der Waals surface area contributed by atoms with Crippen molar-refractivity contribution in [2.45, 2.75) is 13.3 Å². The van der Waals surface area contributed by atoms with Crippen molar-refractivity contribution in [2.24, 2.45) is 0 Å². The number of hydrogen-bond acceptors (Lipinski definition) is 5. The maximum absolute atomic E-state index is 11.6. The quantitative estimate of drug-likeness (QED) is 0.630. The Balaban J connectivity index is 2.49. The number of anilines is 1. The number of ether oxygens (including phenoxy) is 1. The summed E-state index contributed by atoms with van der Waals surface area (Å²) < 4.78 is 10.1. The van der Waals surface area contributed by atoms with Crippen molar-refractivity contribution >= 4 is 22.6 Å². The van der Waals surface area contributed by atoms with E-state index in [-0.39, 0.29) is 12.4 Å². The van der Waals surface area contributed by atoms with Crippen LogP contribution in [0.5, 0.6) is 0 Å². The van der Waals surface area contributed by atoms with E-state index in [1.807, 2.05) is 31.1 Å². The zero-order chi connectivity index (χ0) is 14.7. The molecule has 1 heterocycles. The second-order valence-electron chi connectivity index (χ2n) is 4.65. The van der Waals surface area contributed by atoms with E-state index in [4.69, 9.17) is 9.15 Å². The highest BCUT2D eigenvalue weighted by Gasteiger charge is 2.11. The van der Waals surface area contributed by atoms with Crippen molar-refractivity contribution in [3.63, 3.8) is 0 Å². The van der Waals surface area contributed by atoms with Crippen LogP contribution in [0.4, 0.5) is 5.69 Å². The molecule has 2 aromatic rings. The van der Waals surface area contributed by atoms with Crippen LogP contribution in [0.25, 0.3) is 11.0 Å². The van der Waals surface area contributed by atoms with Crippen molar-refractivity contribution in [3.05, 3.63) is 40.2 Å². The van der Waals surface area contributed by atoms with Crippen LogP contribution in [-0.4, -0.2) is 26.7 Å². The van der Waals surface area contributed by atoms with Gasteiger partial charge in [0.1, 0.15) is 5.58 Å². The molecule has 0 fully saturated rings. The van der Waals surface area contributed by atoms with E-state index in [1.54, 1.807) is 13.0 Å². The molecule has 0 spiro atoms. The lowest BCUT2D eigenvalue weighted by Crippen LogP contribution is -2.11. The highest BCUT2D eigenvalue weighted by Crippen LogP contribution is 2.23. The predicted octanol–water partition coefficient (Wildman–Crippen LogP) is 1.96. The highest BCUT2D eigenvalue weighted by atomic mass is 16.5. The predicted molar refractivity (Wildman–Crippen MR) is 77.1 cm³/mol. The first-order valence-corrected chi connectivity index (χ1v) is 6.41. The molecule has 0 atom stereocenters. The molecular weight excluding hydrogens is 258 g/mol. The van der Waals surface area contributed by atoms with E-state index in [0.29, 0.717) is 17.8 Å². The first-order valence-electron chi connectivity index (χ1n) is 6.41. The largest absolute Gasteiger partial charge is 0.466 e. The monoisotopic (exact) mass is 275 g/mol. The Morgan fingerprint density at radius 1 is 1.30 bits per heavy atom. The molecule has 2 rings (SSSR count). The summed E-state index contributed by atoms with van der Waals surface area (Å²) in [5.74, 6) is -0.351. The third-order valence-corrected chi connectivity index (χ3v) is 2.97. The number of carbonyl (C=O) groups is 1. The van der Waals surface area contributed by atoms with Crippen LogP contribution in [0.2, 0.25) is 0 Å². The molecule has 0 N–H and O–H groups in total. The van der Waals surface area contributed by atoms with Crippen LogP contribution in [0.1, 0.15) is 12.5 Å². The molecule has 1 aromatic heterocycles. The first kappa shape index (κ1) is 14.1. The van der Waals surface area contributed by atoms with Crippen molar-refractivity contribution in [1.82, 2.24) is 0 Å². The van der Waals surface area contributed by atoms with Crippen LogP contribution >= 0.6 is 0 Å². The summed E-state index contributed by atoms with van der Waals surface area (Å²) in [6.07, 6.45) is 0.0667. The van der Waals surface area contributed by atoms with E-state index in [9.17, 15) is 9.59 Å². The second-order valence-corrected chi connectivity index (χ2v) is 4.65. The molecule has 0 bridgehead atoms. The van der Waals surface area contributed by atoms with Gasteiger partial charge >= 0.3 is 11.6 Å². The summed E-state index contributed by atoms with van der Waals surface area (Å²) >= 11 is 0. The standard InChI is InChI=1S/C15H17NO4/c1-4-19-14(17)7-10-8-15(18)20-13-9-11(16(2)3)5-6-12(10)13/h5-6,8-9H,4,7H2,1-3H3. The molecule has 5 nitrogen and oxygen atoms in total. The Kier molecular flexibility index (Phi) is 4.08. The molecule has 5 heteroatoms. The fourth-order valence-electron chi connectivity index (χ4n) is 2.01. The first-order chi connectivity index (χ1) is 9.51. The van der Waals surface area contributed by atoms with E-state index in [0.717, 1.165) is 11.1 Å². The van der Waals surface area contributed by atoms with Gasteiger partial charge in [0.25, 0.3) is 0 Å². The van der Waals surface area contributed by atoms with Crippen LogP contribution in [-0.2, 0) is 16.0 Å². The number of fused-ring (bicyclic) bond motifs is 1. The summed E-state index contributed by atoms with van der Waals surface area (Å²) in [5, 5.41) is 0.753. The molecule has 0 aliphatic heterocycles. The number of carbonyl (C=O) groups excluding carboxylic acids is 1. The van der Waals surface area contributed by atoms with Crippen molar-refractivity contribution in [2.75, 3.05) is 25.6 Å². The molecule has 20 heavy (non-hydrogen) atoms. The highest BCUT2D eigenvalue weighted by molar-refractivity contribution is 5.87. The van der Waals surface area contributed by atoms with Gasteiger partial charge in [-0.2, -0.15) is 0 Å². The maximum Gasteiger partial charge on any atom is 0.336 e. The fraction of sp³-hybridized carbons (Fsp3) is 0.333. The molecule has 106 valence electrons. The van der Waals surface area contributed by atoms with Gasteiger partial charge in [-0.05, 0) is 24.6 Å². The van der Waals surface area contributed by atoms with E-state index in [1.165, 1.54) is 6.07 Å². The number of nitrogens with zero attached hydrogens (tertiary/aromatic N) is 1. The lowest BCUT2D eigenvalue weighted by atomic mass is 10.1. The summed E-state index contributed by atoms with van der Waals surface area (Å²) in [6, 6.07) is 6.89. The normalized spacial score (nSPS) is 10.6. The maximum atomic E-state index is 11.6. The van der Waals surface area contributed by atoms with Crippen molar-refractivity contribution < 1.29 is 13.9 Å². The second kappa shape index (κ2) is 5.77. The minimum absolute atomic E-state index is 0.0667. The van der Waals surface area contributed by atoms with E-state index in [2.05, 4.69) is 0 Å². The molecule has 0 aliphatic carbocycles. The van der Waals surface area contributed by atoms with Crippen LogP contribution in [0, 0.1) is 0 Å². The smallest absolute Gasteiger partial charge is 0.336 e. The number of hydrogen-bond donors (Lipinski definition) is 0. The van der Waals surface area contributed by atoms with E-state index < -0.39 is 5.63 Å². The van der Waals surface area contributed by atoms with Crippen LogP contribution < -0.4 is 10.5 Å². The Hall–Kier alpha value is -2.30. The molecule has 0 aliphatic rings. The fourth-order valence-corrected chi connectivity index (χ4v) is 2.01. The van der Waals surface area contributed by atoms with Gasteiger partial charge in [-0.15, -0.1) is 0 Å². The molecule has 1 aromatic carbocycles. The van der Waals surface area contributed by atoms with Gasteiger partial charge in [-0.1, -0.05) is 0 Å². The molecule has 0 saturated carbocycles. The van der Waals surface area contributed by atoms with Crippen molar-refractivity contribution in [1.29, 1.82) is 0 Å². The Labute approximate surface area is 116 Å². The van der Waals surface area contributed by atoms with Crippen LogP contribution in [0.3, 0.4) is 0 Å². The summed E-state index contributed by atoms with van der Waals surface area (Å²) in [5.41, 5.74) is 1.56. The lowest BCUT2D eigenvalue weighted by molar-refractivity contribution is -0.142. The topological polar surface area (TPSA) is 59.8 Å². The third-order valence-electron chi connectivity index (χ3n) is 2.97. The molecule has 0 amide bonds. The van der Waals surface area contributed by atoms with Crippen LogP contribution in [0.15, 0.2) is 33.5 Å². The van der Waals surface area contributed by atoms with Gasteiger partial charge in [0, 0.05) is 37.3 Å². The van der Waals surface area contributed by atoms with Gasteiger partial charge in [-0.25, -0.2) is 4.79 Å². The molecule has 0 saturated heterocycles. The Morgan fingerprint density at radius 2 is 2.05 bits per heavy atom. The van der Waals surface area contributed by atoms with Gasteiger partial charge in [0.15, 0.2) is 0 Å². The average Bonchev–Trinajstić information content (AvgIpc) is 2.37. The number of rotatable bonds is 4. The number of benzene rings is 1. The molecular formula is C15H17NO4. The zero-order valence-corrected chi connectivity index (χ0v) is 11.8. The van der Waals surface area contributed by atoms with Gasteiger partial charge in [0.2, 0.25) is 0 Å². The summed E-state index contributed by atoms with van der Waals surface area (Å²) in [4.78, 5) is 25.1. The lowest BCUT2D eigenvalue weighted by Gasteiger charge is -2.13. The minimum Gasteiger partial charge on any atom is -0.466 e. The molecule has 0 radical (unpaired) electrons. The van der Waals surface area contributed by atoms with Gasteiger partial charge in [0.05, 0.1) is 13.0 Å². The Bertz CT molecular complexity index is 688. The van der Waals surface area contributed by atoms with Crippen molar-refractivity contribution in [3.8, 4) is 0 Å². The van der Waals surface area contributed by atoms with Gasteiger partial charge < -0.3 is 14.1 Å². The summed E-state index contributed by atoms with van der Waals surface area (Å²) in [6.45, 7) is 2.07. The number of esters is 1. The summed E-state index contributed by atoms with van der Waals surface area (Å²) in [7, 11) is 3.81. The Morgan fingerprint density at radius 3 is 2.70 bits per heavy atom. The minimum atomic E-state index is -0.465. The third kappa shape index (κ3) is 2.99.